The van der Waals surface area contributed by atoms with Gasteiger partial charge in [-0.05, 0) is 64.1 Å². The molecule has 1 fully saturated rings. The molecule has 35 heavy (non-hydrogen) atoms. The average Bonchev–Trinajstić information content (AvgIpc) is 3.25. The first-order valence-corrected chi connectivity index (χ1v) is 11.6. The highest BCUT2D eigenvalue weighted by molar-refractivity contribution is 5.99. The third-order valence-corrected chi connectivity index (χ3v) is 6.99. The Kier molecular flexibility index (Phi) is 6.61. The monoisotopic (exact) mass is 493 g/mol. The predicted octanol–water partition coefficient (Wildman–Crippen LogP) is 4.11. The van der Waals surface area contributed by atoms with Crippen LogP contribution in [0.1, 0.15) is 53.2 Å². The van der Waals surface area contributed by atoms with Gasteiger partial charge in [-0.1, -0.05) is 0 Å². The van der Waals surface area contributed by atoms with Crippen LogP contribution in [-0.4, -0.2) is 72.1 Å². The number of ketones is 1. The second kappa shape index (κ2) is 9.22. The van der Waals surface area contributed by atoms with E-state index >= 15 is 0 Å². The topological polar surface area (TPSA) is 64.0 Å². The molecule has 2 aliphatic rings. The van der Waals surface area contributed by atoms with Crippen molar-refractivity contribution in [3.8, 4) is 11.5 Å². The lowest BCUT2D eigenvalue weighted by Crippen LogP contribution is -2.56. The first-order chi connectivity index (χ1) is 16.5. The van der Waals surface area contributed by atoms with Gasteiger partial charge in [-0.3, -0.25) is 14.5 Å². The number of alkyl halides is 3. The van der Waals surface area contributed by atoms with E-state index in [1.807, 2.05) is 20.9 Å². The van der Waals surface area contributed by atoms with Crippen molar-refractivity contribution in [2.75, 3.05) is 33.8 Å². The minimum Gasteiger partial charge on any atom is -0.493 e. The number of likely N-dealkylation sites (tertiary alicyclic amines) is 1. The average molecular weight is 494 g/mol. The van der Waals surface area contributed by atoms with Gasteiger partial charge >= 0.3 is 6.18 Å². The number of methoxy groups -OCH3 is 1. The lowest BCUT2D eigenvalue weighted by atomic mass is 9.81. The van der Waals surface area contributed by atoms with E-state index in [2.05, 4.69) is 4.90 Å². The highest BCUT2D eigenvalue weighted by Crippen LogP contribution is 2.42. The van der Waals surface area contributed by atoms with Crippen molar-refractivity contribution in [3.05, 3.63) is 47.3 Å². The van der Waals surface area contributed by atoms with Crippen LogP contribution >= 0.6 is 0 Å². The van der Waals surface area contributed by atoms with Gasteiger partial charge in [0.1, 0.15) is 0 Å². The van der Waals surface area contributed by atoms with Gasteiger partial charge in [0.15, 0.2) is 11.5 Å². The minimum atomic E-state index is -4.92. The number of fused-ring (bicyclic) bond motifs is 2. The Morgan fingerprint density at radius 2 is 1.69 bits per heavy atom. The molecular weight excluding hydrogens is 463 g/mol. The molecule has 0 N–H and O–H groups in total. The summed E-state index contributed by atoms with van der Waals surface area (Å²) in [4.78, 5) is 29.1. The van der Waals surface area contributed by atoms with E-state index in [0.717, 1.165) is 0 Å². The number of hydrogen-bond donors (Lipinski definition) is 0. The number of benzene rings is 1. The largest absolute Gasteiger partial charge is 0.493 e. The number of aromatic nitrogens is 1. The molecule has 1 spiro atoms. The summed E-state index contributed by atoms with van der Waals surface area (Å²) >= 11 is 0. The molecule has 0 atom stereocenters. The van der Waals surface area contributed by atoms with Crippen LogP contribution in [0.3, 0.4) is 0 Å². The van der Waals surface area contributed by atoms with Gasteiger partial charge in [0.05, 0.1) is 24.4 Å². The van der Waals surface area contributed by atoms with E-state index in [4.69, 9.17) is 9.47 Å². The van der Waals surface area contributed by atoms with Crippen LogP contribution in [0.5, 0.6) is 11.5 Å². The molecule has 0 bridgehead atoms. The summed E-state index contributed by atoms with van der Waals surface area (Å²) in [5.41, 5.74) is 0.318. The molecule has 0 unspecified atom stereocenters. The highest BCUT2D eigenvalue weighted by atomic mass is 19.4. The van der Waals surface area contributed by atoms with Gasteiger partial charge < -0.3 is 18.9 Å². The molecule has 4 rings (SSSR count). The van der Waals surface area contributed by atoms with Crippen molar-refractivity contribution in [2.24, 2.45) is 0 Å². The summed E-state index contributed by atoms with van der Waals surface area (Å²) in [5.74, 6) is -0.928. The molecule has 2 aromatic rings. The zero-order chi connectivity index (χ0) is 25.5. The van der Waals surface area contributed by atoms with E-state index < -0.39 is 17.5 Å². The SMILES string of the molecule is COc1ccc(C(=O)N2CCC3(CC2)c2ccc(C(=O)C(F)(F)F)n2CCN3C)cc1OC(C)C. The molecule has 0 saturated carbocycles. The van der Waals surface area contributed by atoms with E-state index in [1.54, 1.807) is 29.2 Å². The van der Waals surface area contributed by atoms with Crippen molar-refractivity contribution in [2.45, 2.75) is 51.1 Å². The van der Waals surface area contributed by atoms with E-state index in [1.165, 1.54) is 17.7 Å². The quantitative estimate of drug-likeness (QED) is 0.587. The molecule has 190 valence electrons. The van der Waals surface area contributed by atoms with Crippen LogP contribution in [0.4, 0.5) is 13.2 Å². The maximum absolute atomic E-state index is 13.3. The molecule has 1 saturated heterocycles. The smallest absolute Gasteiger partial charge is 0.456 e. The van der Waals surface area contributed by atoms with Crippen LogP contribution in [0.25, 0.3) is 0 Å². The van der Waals surface area contributed by atoms with Crippen LogP contribution in [-0.2, 0) is 12.1 Å². The Morgan fingerprint density at radius 3 is 2.29 bits per heavy atom. The maximum atomic E-state index is 13.3. The Morgan fingerprint density at radius 1 is 1.00 bits per heavy atom. The van der Waals surface area contributed by atoms with Crippen molar-refractivity contribution in [1.82, 2.24) is 14.4 Å². The molecule has 1 aromatic carbocycles. The van der Waals surface area contributed by atoms with Gasteiger partial charge in [-0.2, -0.15) is 13.2 Å². The van der Waals surface area contributed by atoms with Crippen molar-refractivity contribution in [3.63, 3.8) is 0 Å². The number of carbonyl (C=O) groups is 2. The molecule has 3 heterocycles. The molecule has 10 heteroatoms. The fraction of sp³-hybridized carbons (Fsp3) is 0.520. The minimum absolute atomic E-state index is 0.0868. The number of piperidine rings is 1. The fourth-order valence-electron chi connectivity index (χ4n) is 5.17. The van der Waals surface area contributed by atoms with Gasteiger partial charge in [-0.25, -0.2) is 0 Å². The van der Waals surface area contributed by atoms with Crippen LogP contribution in [0.15, 0.2) is 30.3 Å². The summed E-state index contributed by atoms with van der Waals surface area (Å²) in [7, 11) is 3.48. The van der Waals surface area contributed by atoms with E-state index in [0.29, 0.717) is 61.8 Å². The normalized spacial score (nSPS) is 18.0. The first kappa shape index (κ1) is 25.1. The Balaban J connectivity index is 1.55. The molecule has 0 radical (unpaired) electrons. The fourth-order valence-corrected chi connectivity index (χ4v) is 5.17. The Hall–Kier alpha value is -3.01. The van der Waals surface area contributed by atoms with E-state index in [9.17, 15) is 22.8 Å². The van der Waals surface area contributed by atoms with Gasteiger partial charge in [0.25, 0.3) is 11.7 Å². The zero-order valence-electron chi connectivity index (χ0n) is 20.3. The highest BCUT2D eigenvalue weighted by Gasteiger charge is 2.47. The summed E-state index contributed by atoms with van der Waals surface area (Å²) in [6.45, 7) is 5.48. The van der Waals surface area contributed by atoms with Crippen LogP contribution in [0.2, 0.25) is 0 Å². The lowest BCUT2D eigenvalue weighted by Gasteiger charge is -2.50. The molecule has 7 nitrogen and oxygen atoms in total. The predicted molar refractivity (Wildman–Crippen MR) is 123 cm³/mol. The number of rotatable bonds is 5. The number of ether oxygens (including phenoxy) is 2. The lowest BCUT2D eigenvalue weighted by molar-refractivity contribution is -0.0892. The van der Waals surface area contributed by atoms with Crippen molar-refractivity contribution < 1.29 is 32.2 Å². The second-order valence-electron chi connectivity index (χ2n) is 9.36. The molecule has 1 amide bonds. The number of likely N-dealkylation sites (N-methyl/N-ethyl adjacent to an activating group) is 1. The number of Topliss-reactive ketones (excluding diaryl/α,β-unsaturated/α-hetero) is 1. The zero-order valence-corrected chi connectivity index (χ0v) is 20.3. The van der Waals surface area contributed by atoms with Crippen molar-refractivity contribution in [1.29, 1.82) is 0 Å². The Labute approximate surface area is 202 Å². The standard InChI is InChI=1S/C25H30F3N3O4/c1-16(2)35-20-15-17(5-7-19(20)34-4)23(33)30-11-9-24(10-12-30)21-8-6-18(22(32)25(26,27)28)31(21)14-13-29(24)3/h5-8,15-16H,9-14H2,1-4H3. The molecule has 0 aliphatic carbocycles. The number of nitrogens with zero attached hydrogens (tertiary/aromatic N) is 3. The van der Waals surface area contributed by atoms with Crippen LogP contribution < -0.4 is 9.47 Å². The number of amides is 1. The van der Waals surface area contributed by atoms with Crippen molar-refractivity contribution >= 4 is 11.7 Å². The second-order valence-corrected chi connectivity index (χ2v) is 9.36. The van der Waals surface area contributed by atoms with Gasteiger partial charge in [0, 0.05) is 37.4 Å². The summed E-state index contributed by atoms with van der Waals surface area (Å²) in [6, 6.07) is 7.99. The summed E-state index contributed by atoms with van der Waals surface area (Å²) in [5, 5.41) is 0. The molecule has 2 aliphatic heterocycles. The molecule has 1 aromatic heterocycles. The summed E-state index contributed by atoms with van der Waals surface area (Å²) < 4.78 is 51.9. The van der Waals surface area contributed by atoms with Gasteiger partial charge in [0.2, 0.25) is 0 Å². The maximum Gasteiger partial charge on any atom is 0.456 e. The van der Waals surface area contributed by atoms with E-state index in [-0.39, 0.29) is 17.7 Å². The van der Waals surface area contributed by atoms with Crippen LogP contribution in [0, 0.1) is 0 Å². The summed E-state index contributed by atoms with van der Waals surface area (Å²) in [6.07, 6.45) is -3.91. The number of hydrogen-bond acceptors (Lipinski definition) is 5. The molecular formula is C25H30F3N3O4. The third-order valence-electron chi connectivity index (χ3n) is 6.99. The number of halogens is 3. The third kappa shape index (κ3) is 4.51. The van der Waals surface area contributed by atoms with Gasteiger partial charge in [-0.15, -0.1) is 0 Å². The number of carbonyl (C=O) groups excluding carboxylic acids is 2. The Bertz CT molecular complexity index is 1120. The first-order valence-electron chi connectivity index (χ1n) is 11.6.